The summed E-state index contributed by atoms with van der Waals surface area (Å²) < 4.78 is 27.8. The molecule has 2 atom stereocenters. The van der Waals surface area contributed by atoms with E-state index >= 15 is 0 Å². The van der Waals surface area contributed by atoms with Crippen LogP contribution in [0.15, 0.2) is 54.6 Å². The van der Waals surface area contributed by atoms with Crippen LogP contribution in [0.2, 0.25) is 0 Å². The predicted molar refractivity (Wildman–Crippen MR) is 88.0 cm³/mol. The van der Waals surface area contributed by atoms with Gasteiger partial charge in [0.1, 0.15) is 11.6 Å². The zero-order valence-corrected chi connectivity index (χ0v) is 13.1. The molecule has 122 valence electrons. The summed E-state index contributed by atoms with van der Waals surface area (Å²) in [5.41, 5.74) is 2.10. The minimum atomic E-state index is -0.450. The van der Waals surface area contributed by atoms with E-state index in [1.807, 2.05) is 41.3 Å². The van der Waals surface area contributed by atoms with Crippen LogP contribution >= 0.6 is 0 Å². The van der Waals surface area contributed by atoms with Gasteiger partial charge in [-0.2, -0.15) is 0 Å². The maximum Gasteiger partial charge on any atom is 0.223 e. The van der Waals surface area contributed by atoms with Crippen molar-refractivity contribution in [3.05, 3.63) is 77.4 Å². The SMILES string of the molecule is O=C1CC[C@@H]2C=C(c3cc(F)ccc3F)C[C@@H](c3ccccc3)N12. The molecular formula is C20H17F2NO. The molecule has 2 aliphatic heterocycles. The van der Waals surface area contributed by atoms with E-state index in [0.717, 1.165) is 29.7 Å². The van der Waals surface area contributed by atoms with E-state index < -0.39 is 11.6 Å². The van der Waals surface area contributed by atoms with Crippen molar-refractivity contribution in [1.29, 1.82) is 0 Å². The number of benzene rings is 2. The molecule has 0 N–H and O–H groups in total. The fraction of sp³-hybridized carbons (Fsp3) is 0.250. The van der Waals surface area contributed by atoms with Crippen LogP contribution in [0.25, 0.3) is 5.57 Å². The molecule has 0 spiro atoms. The van der Waals surface area contributed by atoms with Crippen molar-refractivity contribution in [2.75, 3.05) is 0 Å². The van der Waals surface area contributed by atoms with Gasteiger partial charge in [0, 0.05) is 12.0 Å². The first-order valence-corrected chi connectivity index (χ1v) is 8.16. The Balaban J connectivity index is 1.79. The van der Waals surface area contributed by atoms with Crippen LogP contribution in [0.4, 0.5) is 8.78 Å². The molecule has 24 heavy (non-hydrogen) atoms. The molecule has 1 saturated heterocycles. The van der Waals surface area contributed by atoms with E-state index in [9.17, 15) is 13.6 Å². The third-order valence-electron chi connectivity index (χ3n) is 4.90. The Kier molecular flexibility index (Phi) is 3.68. The fourth-order valence-electron chi connectivity index (χ4n) is 3.80. The van der Waals surface area contributed by atoms with Gasteiger partial charge in [-0.3, -0.25) is 4.79 Å². The molecule has 0 saturated carbocycles. The molecule has 2 aromatic rings. The molecule has 0 unspecified atom stereocenters. The van der Waals surface area contributed by atoms with Crippen LogP contribution in [0.1, 0.15) is 36.4 Å². The van der Waals surface area contributed by atoms with Gasteiger partial charge < -0.3 is 4.90 Å². The fourth-order valence-corrected chi connectivity index (χ4v) is 3.80. The van der Waals surface area contributed by atoms with Crippen LogP contribution in [0.3, 0.4) is 0 Å². The second kappa shape index (κ2) is 5.86. The maximum absolute atomic E-state index is 14.2. The van der Waals surface area contributed by atoms with Gasteiger partial charge in [0.2, 0.25) is 5.91 Å². The van der Waals surface area contributed by atoms with Crippen molar-refractivity contribution >= 4 is 11.5 Å². The lowest BCUT2D eigenvalue weighted by molar-refractivity contribution is -0.130. The Morgan fingerprint density at radius 3 is 2.62 bits per heavy atom. The highest BCUT2D eigenvalue weighted by Crippen LogP contribution is 2.42. The number of halogens is 2. The lowest BCUT2D eigenvalue weighted by Crippen LogP contribution is -2.38. The first-order valence-electron chi connectivity index (χ1n) is 8.16. The molecule has 0 aliphatic carbocycles. The first kappa shape index (κ1) is 15.1. The minimum absolute atomic E-state index is 0.0471. The Morgan fingerprint density at radius 1 is 1.04 bits per heavy atom. The summed E-state index contributed by atoms with van der Waals surface area (Å²) in [6, 6.07) is 13.1. The highest BCUT2D eigenvalue weighted by Gasteiger charge is 2.39. The largest absolute Gasteiger partial charge is 0.329 e. The van der Waals surface area contributed by atoms with E-state index in [2.05, 4.69) is 0 Å². The summed E-state index contributed by atoms with van der Waals surface area (Å²) in [5, 5.41) is 0. The van der Waals surface area contributed by atoms with Gasteiger partial charge in [0.15, 0.2) is 0 Å². The number of carbonyl (C=O) groups excluding carboxylic acids is 1. The summed E-state index contributed by atoms with van der Waals surface area (Å²) in [4.78, 5) is 14.2. The molecule has 1 fully saturated rings. The van der Waals surface area contributed by atoms with Crippen molar-refractivity contribution in [3.8, 4) is 0 Å². The highest BCUT2D eigenvalue weighted by atomic mass is 19.1. The molecule has 0 radical (unpaired) electrons. The minimum Gasteiger partial charge on any atom is -0.329 e. The second-order valence-electron chi connectivity index (χ2n) is 6.35. The summed E-state index contributed by atoms with van der Waals surface area (Å²) in [7, 11) is 0. The Hall–Kier alpha value is -2.49. The normalized spacial score (nSPS) is 23.2. The number of carbonyl (C=O) groups is 1. The van der Waals surface area contributed by atoms with Gasteiger partial charge >= 0.3 is 0 Å². The molecule has 4 rings (SSSR count). The number of hydrogen-bond acceptors (Lipinski definition) is 1. The van der Waals surface area contributed by atoms with E-state index in [4.69, 9.17) is 0 Å². The number of nitrogens with zero attached hydrogens (tertiary/aromatic N) is 1. The van der Waals surface area contributed by atoms with Gasteiger partial charge in [0.05, 0.1) is 12.1 Å². The molecule has 2 heterocycles. The summed E-state index contributed by atoms with van der Waals surface area (Å²) >= 11 is 0. The van der Waals surface area contributed by atoms with Gasteiger partial charge in [-0.15, -0.1) is 0 Å². The van der Waals surface area contributed by atoms with Crippen LogP contribution < -0.4 is 0 Å². The van der Waals surface area contributed by atoms with Crippen molar-refractivity contribution in [1.82, 2.24) is 4.90 Å². The van der Waals surface area contributed by atoms with Gasteiger partial charge in [-0.1, -0.05) is 36.4 Å². The molecule has 0 bridgehead atoms. The smallest absolute Gasteiger partial charge is 0.223 e. The standard InChI is InChI=1S/C20H17F2NO/c21-15-6-8-18(22)17(12-15)14-10-16-7-9-20(24)23(16)19(11-14)13-4-2-1-3-5-13/h1-6,8,10,12,16,19H,7,9,11H2/t16-,19+/m1/s1. The van der Waals surface area contributed by atoms with Crippen molar-refractivity contribution in [3.63, 3.8) is 0 Å². The van der Waals surface area contributed by atoms with Crippen LogP contribution in [0, 0.1) is 11.6 Å². The lowest BCUT2D eigenvalue weighted by atomic mass is 9.87. The number of hydrogen-bond donors (Lipinski definition) is 0. The summed E-state index contributed by atoms with van der Waals surface area (Å²) in [6.07, 6.45) is 3.65. The lowest BCUT2D eigenvalue weighted by Gasteiger charge is -2.37. The average Bonchev–Trinajstić information content (AvgIpc) is 2.98. The molecule has 2 aliphatic rings. The van der Waals surface area contributed by atoms with Crippen LogP contribution in [-0.4, -0.2) is 16.8 Å². The van der Waals surface area contributed by atoms with Crippen molar-refractivity contribution in [2.24, 2.45) is 0 Å². The number of fused-ring (bicyclic) bond motifs is 1. The van der Waals surface area contributed by atoms with E-state index in [1.54, 1.807) is 0 Å². The van der Waals surface area contributed by atoms with E-state index in [0.29, 0.717) is 18.4 Å². The predicted octanol–water partition coefficient (Wildman–Crippen LogP) is 4.48. The zero-order valence-electron chi connectivity index (χ0n) is 13.1. The molecule has 2 aromatic carbocycles. The zero-order chi connectivity index (χ0) is 16.7. The monoisotopic (exact) mass is 325 g/mol. The third-order valence-corrected chi connectivity index (χ3v) is 4.90. The second-order valence-corrected chi connectivity index (χ2v) is 6.35. The molecule has 1 amide bonds. The van der Waals surface area contributed by atoms with Gasteiger partial charge in [0.25, 0.3) is 0 Å². The first-order chi connectivity index (χ1) is 11.6. The molecular weight excluding hydrogens is 308 g/mol. The van der Waals surface area contributed by atoms with Crippen molar-refractivity contribution < 1.29 is 13.6 Å². The average molecular weight is 325 g/mol. The molecule has 2 nitrogen and oxygen atoms in total. The van der Waals surface area contributed by atoms with E-state index in [1.165, 1.54) is 6.07 Å². The third kappa shape index (κ3) is 2.52. The van der Waals surface area contributed by atoms with Crippen molar-refractivity contribution in [2.45, 2.75) is 31.3 Å². The van der Waals surface area contributed by atoms with Crippen LogP contribution in [0.5, 0.6) is 0 Å². The van der Waals surface area contributed by atoms with Gasteiger partial charge in [-0.25, -0.2) is 8.78 Å². The molecule has 0 aromatic heterocycles. The van der Waals surface area contributed by atoms with Crippen LogP contribution in [-0.2, 0) is 4.79 Å². The van der Waals surface area contributed by atoms with E-state index in [-0.39, 0.29) is 18.0 Å². The number of rotatable bonds is 2. The quantitative estimate of drug-likeness (QED) is 0.797. The van der Waals surface area contributed by atoms with Gasteiger partial charge in [-0.05, 0) is 42.2 Å². The highest BCUT2D eigenvalue weighted by molar-refractivity contribution is 5.82. The number of amides is 1. The Bertz CT molecular complexity index is 816. The maximum atomic E-state index is 14.2. The summed E-state index contributed by atoms with van der Waals surface area (Å²) in [6.45, 7) is 0. The Morgan fingerprint density at radius 2 is 1.83 bits per heavy atom. The molecule has 4 heteroatoms. The topological polar surface area (TPSA) is 20.3 Å². The summed E-state index contributed by atoms with van der Waals surface area (Å²) in [5.74, 6) is -0.746. The Labute approximate surface area is 139 Å².